The lowest BCUT2D eigenvalue weighted by Crippen LogP contribution is -2.13. The van der Waals surface area contributed by atoms with Crippen LogP contribution in [0.5, 0.6) is 5.75 Å². The zero-order valence-electron chi connectivity index (χ0n) is 13.5. The molecule has 5 heteroatoms. The van der Waals surface area contributed by atoms with E-state index in [0.717, 1.165) is 16.7 Å². The van der Waals surface area contributed by atoms with Gasteiger partial charge in [0, 0.05) is 24.2 Å². The third-order valence-electron chi connectivity index (χ3n) is 3.48. The Morgan fingerprint density at radius 3 is 2.36 bits per heavy atom. The van der Waals surface area contributed by atoms with Crippen molar-refractivity contribution in [2.45, 2.75) is 31.1 Å². The van der Waals surface area contributed by atoms with Crippen molar-refractivity contribution in [3.05, 3.63) is 42.2 Å². The predicted molar refractivity (Wildman–Crippen MR) is 88.0 cm³/mol. The molecule has 0 aliphatic carbocycles. The Kier molecular flexibility index (Phi) is 4.29. The second kappa shape index (κ2) is 5.72. The third kappa shape index (κ3) is 3.47. The van der Waals surface area contributed by atoms with Crippen LogP contribution in [0.3, 0.4) is 0 Å². The maximum Gasteiger partial charge on any atom is 0.175 e. The summed E-state index contributed by atoms with van der Waals surface area (Å²) in [5.41, 5.74) is 2.74. The number of hydrogen-bond donors (Lipinski definition) is 0. The molecular weight excluding hydrogens is 298 g/mol. The highest BCUT2D eigenvalue weighted by atomic mass is 32.2. The van der Waals surface area contributed by atoms with Crippen LogP contribution >= 0.6 is 0 Å². The highest BCUT2D eigenvalue weighted by Gasteiger charge is 2.20. The van der Waals surface area contributed by atoms with Gasteiger partial charge in [0.25, 0.3) is 0 Å². The average molecular weight is 319 g/mol. The molecule has 0 fully saturated rings. The van der Waals surface area contributed by atoms with Crippen molar-refractivity contribution in [2.75, 3.05) is 13.4 Å². The van der Waals surface area contributed by atoms with Crippen LogP contribution in [0.15, 0.2) is 41.6 Å². The Morgan fingerprint density at radius 2 is 1.82 bits per heavy atom. The molecule has 118 valence electrons. The summed E-state index contributed by atoms with van der Waals surface area (Å²) in [6, 6.07) is 7.01. The second-order valence-corrected chi connectivity index (χ2v) is 8.36. The van der Waals surface area contributed by atoms with Crippen LogP contribution < -0.4 is 4.74 Å². The topological polar surface area (TPSA) is 56.3 Å². The molecule has 2 rings (SSSR count). The largest absolute Gasteiger partial charge is 0.497 e. The molecule has 1 heterocycles. The van der Waals surface area contributed by atoms with Crippen molar-refractivity contribution in [1.29, 1.82) is 0 Å². The minimum atomic E-state index is -3.31. The minimum Gasteiger partial charge on any atom is -0.497 e. The first-order valence-corrected chi connectivity index (χ1v) is 8.86. The Labute approximate surface area is 132 Å². The number of aromatic nitrogens is 1. The molecule has 0 bridgehead atoms. The van der Waals surface area contributed by atoms with Crippen molar-refractivity contribution >= 4 is 9.84 Å². The summed E-state index contributed by atoms with van der Waals surface area (Å²) in [6.45, 7) is 6.34. The quantitative estimate of drug-likeness (QED) is 0.869. The Morgan fingerprint density at radius 1 is 1.14 bits per heavy atom. The van der Waals surface area contributed by atoms with Gasteiger partial charge >= 0.3 is 0 Å². The van der Waals surface area contributed by atoms with Crippen molar-refractivity contribution in [1.82, 2.24) is 4.98 Å². The first-order valence-electron chi connectivity index (χ1n) is 6.97. The van der Waals surface area contributed by atoms with Crippen LogP contribution in [0, 0.1) is 0 Å². The standard InChI is InChI=1S/C17H21NO3S/c1-17(2,3)16-6-7-18-11-15(16)12-8-13(21-4)10-14(9-12)22(5,19)20/h6-11H,1-5H3. The van der Waals surface area contributed by atoms with E-state index in [1.54, 1.807) is 18.5 Å². The molecule has 4 nitrogen and oxygen atoms in total. The monoisotopic (exact) mass is 319 g/mol. The van der Waals surface area contributed by atoms with Crippen LogP contribution in [0.25, 0.3) is 11.1 Å². The molecule has 0 saturated heterocycles. The van der Waals surface area contributed by atoms with Gasteiger partial charge in [-0.2, -0.15) is 0 Å². The maximum absolute atomic E-state index is 11.9. The van der Waals surface area contributed by atoms with Gasteiger partial charge in [-0.15, -0.1) is 0 Å². The van der Waals surface area contributed by atoms with Gasteiger partial charge in [0.15, 0.2) is 9.84 Å². The molecule has 2 aromatic rings. The van der Waals surface area contributed by atoms with E-state index >= 15 is 0 Å². The molecule has 0 N–H and O–H groups in total. The minimum absolute atomic E-state index is 0.0768. The van der Waals surface area contributed by atoms with Crippen molar-refractivity contribution < 1.29 is 13.2 Å². The number of rotatable bonds is 3. The van der Waals surface area contributed by atoms with Crippen molar-refractivity contribution in [3.8, 4) is 16.9 Å². The summed E-state index contributed by atoms with van der Waals surface area (Å²) in [5.74, 6) is 0.515. The van der Waals surface area contributed by atoms with Crippen molar-refractivity contribution in [3.63, 3.8) is 0 Å². The van der Waals surface area contributed by atoms with E-state index in [9.17, 15) is 8.42 Å². The van der Waals surface area contributed by atoms with Gasteiger partial charge in [0.1, 0.15) is 5.75 Å². The number of sulfone groups is 1. The molecule has 0 amide bonds. The molecule has 22 heavy (non-hydrogen) atoms. The zero-order valence-corrected chi connectivity index (χ0v) is 14.4. The average Bonchev–Trinajstić information content (AvgIpc) is 2.45. The maximum atomic E-state index is 11.9. The van der Waals surface area contributed by atoms with Crippen molar-refractivity contribution in [2.24, 2.45) is 0 Å². The van der Waals surface area contributed by atoms with Gasteiger partial charge in [-0.05, 0) is 40.8 Å². The molecule has 0 unspecified atom stereocenters. The van der Waals surface area contributed by atoms with E-state index in [1.807, 2.05) is 12.1 Å². The number of ether oxygens (including phenoxy) is 1. The van der Waals surface area contributed by atoms with E-state index in [1.165, 1.54) is 19.4 Å². The van der Waals surface area contributed by atoms with Gasteiger partial charge < -0.3 is 4.74 Å². The fourth-order valence-electron chi connectivity index (χ4n) is 2.34. The molecule has 1 aromatic heterocycles. The van der Waals surface area contributed by atoms with E-state index in [4.69, 9.17) is 4.74 Å². The molecule has 0 spiro atoms. The van der Waals surface area contributed by atoms with Crippen LogP contribution in [0.1, 0.15) is 26.3 Å². The molecule has 0 aliphatic rings. The lowest BCUT2D eigenvalue weighted by Gasteiger charge is -2.23. The van der Waals surface area contributed by atoms with E-state index < -0.39 is 9.84 Å². The SMILES string of the molecule is COc1cc(-c2cnccc2C(C)(C)C)cc(S(C)(=O)=O)c1. The number of nitrogens with zero attached hydrogens (tertiary/aromatic N) is 1. The third-order valence-corrected chi connectivity index (χ3v) is 4.58. The fourth-order valence-corrected chi connectivity index (χ4v) is 3.01. The highest BCUT2D eigenvalue weighted by Crippen LogP contribution is 2.35. The van der Waals surface area contributed by atoms with E-state index in [2.05, 4.69) is 25.8 Å². The summed E-state index contributed by atoms with van der Waals surface area (Å²) in [5, 5.41) is 0. The number of hydrogen-bond acceptors (Lipinski definition) is 4. The van der Waals surface area contributed by atoms with Crippen LogP contribution in [0.4, 0.5) is 0 Å². The van der Waals surface area contributed by atoms with Crippen LogP contribution in [-0.2, 0) is 15.3 Å². The summed E-state index contributed by atoms with van der Waals surface area (Å²) < 4.78 is 29.0. The highest BCUT2D eigenvalue weighted by molar-refractivity contribution is 7.90. The second-order valence-electron chi connectivity index (χ2n) is 6.34. The molecule has 0 atom stereocenters. The van der Waals surface area contributed by atoms with Crippen LogP contribution in [-0.4, -0.2) is 26.8 Å². The molecule has 0 radical (unpaired) electrons. The zero-order chi connectivity index (χ0) is 16.5. The van der Waals surface area contributed by atoms with Gasteiger partial charge in [0.05, 0.1) is 12.0 Å². The summed E-state index contributed by atoms with van der Waals surface area (Å²) in [4.78, 5) is 4.43. The Hall–Kier alpha value is -1.88. The Bertz CT molecular complexity index is 790. The smallest absolute Gasteiger partial charge is 0.175 e. The fraction of sp³-hybridized carbons (Fsp3) is 0.353. The molecule has 0 aliphatic heterocycles. The van der Waals surface area contributed by atoms with Gasteiger partial charge in [-0.25, -0.2) is 8.42 Å². The molecule has 0 saturated carbocycles. The lowest BCUT2D eigenvalue weighted by molar-refractivity contribution is 0.413. The number of pyridine rings is 1. The van der Waals surface area contributed by atoms with E-state index in [-0.39, 0.29) is 10.3 Å². The van der Waals surface area contributed by atoms with E-state index in [0.29, 0.717) is 5.75 Å². The summed E-state index contributed by atoms with van der Waals surface area (Å²) in [6.07, 6.45) is 4.71. The number of benzene rings is 1. The normalized spacial score (nSPS) is 12.2. The van der Waals surface area contributed by atoms with Crippen LogP contribution in [0.2, 0.25) is 0 Å². The summed E-state index contributed by atoms with van der Waals surface area (Å²) >= 11 is 0. The molecule has 1 aromatic carbocycles. The van der Waals surface area contributed by atoms with Gasteiger partial charge in [-0.1, -0.05) is 20.8 Å². The molecular formula is C17H21NO3S. The summed E-state index contributed by atoms with van der Waals surface area (Å²) in [7, 11) is -1.79. The first kappa shape index (κ1) is 16.5. The Balaban J connectivity index is 2.74. The number of methoxy groups -OCH3 is 1. The van der Waals surface area contributed by atoms with Gasteiger partial charge in [0.2, 0.25) is 0 Å². The van der Waals surface area contributed by atoms with Gasteiger partial charge in [-0.3, -0.25) is 4.98 Å². The first-order chi connectivity index (χ1) is 10.1. The predicted octanol–water partition coefficient (Wildman–Crippen LogP) is 3.46. The lowest BCUT2D eigenvalue weighted by atomic mass is 9.83.